The number of rotatable bonds is 4. The number of thioether (sulfide) groups is 2. The minimum atomic E-state index is 0.937. The molecule has 0 spiro atoms. The van der Waals surface area contributed by atoms with Crippen molar-refractivity contribution in [2.24, 2.45) is 4.99 Å². The lowest BCUT2D eigenvalue weighted by atomic mass is 10.2. The smallest absolute Gasteiger partial charge is 0.168 e. The summed E-state index contributed by atoms with van der Waals surface area (Å²) in [6.45, 7) is 4.23. The van der Waals surface area contributed by atoms with Gasteiger partial charge in [-0.05, 0) is 30.2 Å². The average Bonchev–Trinajstić information content (AvgIpc) is 3.19. The zero-order valence-corrected chi connectivity index (χ0v) is 15.2. The molecule has 3 heterocycles. The first-order chi connectivity index (χ1) is 10.8. The van der Waals surface area contributed by atoms with Crippen LogP contribution in [0.25, 0.3) is 15.8 Å². The molecule has 2 aliphatic rings. The molecule has 1 aromatic heterocycles. The summed E-state index contributed by atoms with van der Waals surface area (Å²) < 4.78 is 1.42. The molecule has 2 aliphatic heterocycles. The molecule has 0 saturated carbocycles. The Labute approximate surface area is 143 Å². The Kier molecular flexibility index (Phi) is 3.96. The van der Waals surface area contributed by atoms with Crippen molar-refractivity contribution in [3.63, 3.8) is 0 Å². The van der Waals surface area contributed by atoms with Crippen LogP contribution in [0.15, 0.2) is 39.1 Å². The molecule has 0 atom stereocenters. The van der Waals surface area contributed by atoms with Crippen LogP contribution in [-0.2, 0) is 0 Å². The fourth-order valence-corrected chi connectivity index (χ4v) is 6.41. The molecule has 0 amide bonds. The van der Waals surface area contributed by atoms with Crippen LogP contribution in [0.5, 0.6) is 0 Å². The van der Waals surface area contributed by atoms with Crippen LogP contribution in [0.1, 0.15) is 24.6 Å². The minimum absolute atomic E-state index is 0.937. The molecule has 114 valence electrons. The summed E-state index contributed by atoms with van der Waals surface area (Å²) in [6, 6.07) is 8.99. The molecule has 0 aliphatic carbocycles. The Morgan fingerprint density at radius 3 is 3.09 bits per heavy atom. The van der Waals surface area contributed by atoms with Crippen LogP contribution in [-0.4, -0.2) is 29.4 Å². The molecular weight excluding hydrogens is 328 g/mol. The maximum atomic E-state index is 4.66. The molecule has 0 saturated heterocycles. The maximum absolute atomic E-state index is 4.66. The predicted molar refractivity (Wildman–Crippen MR) is 102 cm³/mol. The molecule has 0 N–H and O–H groups in total. The summed E-state index contributed by atoms with van der Waals surface area (Å²) >= 11 is 5.66. The largest absolute Gasteiger partial charge is 0.317 e. The number of nitrogens with zero attached hydrogens (tertiary/aromatic N) is 2. The molecule has 4 rings (SSSR count). The van der Waals surface area contributed by atoms with E-state index < -0.39 is 0 Å². The van der Waals surface area contributed by atoms with E-state index in [4.69, 9.17) is 0 Å². The van der Waals surface area contributed by atoms with E-state index in [0.717, 1.165) is 19.5 Å². The highest BCUT2D eigenvalue weighted by molar-refractivity contribution is 8.17. The van der Waals surface area contributed by atoms with Gasteiger partial charge < -0.3 is 4.90 Å². The van der Waals surface area contributed by atoms with E-state index in [2.05, 4.69) is 47.3 Å². The van der Waals surface area contributed by atoms with E-state index in [1.54, 1.807) is 0 Å². The van der Waals surface area contributed by atoms with Gasteiger partial charge in [-0.3, -0.25) is 4.99 Å². The Morgan fingerprint density at radius 1 is 1.36 bits per heavy atom. The third-order valence-corrected chi connectivity index (χ3v) is 7.26. The second kappa shape index (κ2) is 5.95. The fraction of sp³-hybridized carbons (Fsp3) is 0.353. The summed E-state index contributed by atoms with van der Waals surface area (Å²) in [7, 11) is 0. The summed E-state index contributed by atoms with van der Waals surface area (Å²) in [6.07, 6.45) is 4.50. The van der Waals surface area contributed by atoms with E-state index in [1.165, 1.54) is 42.0 Å². The first-order valence-corrected chi connectivity index (χ1v) is 10.5. The van der Waals surface area contributed by atoms with Gasteiger partial charge in [0.25, 0.3) is 0 Å². The van der Waals surface area contributed by atoms with Gasteiger partial charge in [0, 0.05) is 21.0 Å². The monoisotopic (exact) mass is 346 g/mol. The third kappa shape index (κ3) is 2.30. The second-order valence-corrected chi connectivity index (χ2v) is 8.39. The number of allylic oxidation sites excluding steroid dienone is 1. The molecule has 22 heavy (non-hydrogen) atoms. The number of fused-ring (bicyclic) bond motifs is 2. The molecule has 0 fully saturated rings. The number of hydrogen-bond donors (Lipinski definition) is 0. The zero-order chi connectivity index (χ0) is 15.1. The Morgan fingerprint density at radius 2 is 2.27 bits per heavy atom. The van der Waals surface area contributed by atoms with Gasteiger partial charge in [-0.2, -0.15) is 0 Å². The molecule has 0 radical (unpaired) electrons. The Balaban J connectivity index is 1.85. The van der Waals surface area contributed by atoms with Crippen molar-refractivity contribution >= 4 is 55.8 Å². The van der Waals surface area contributed by atoms with E-state index in [9.17, 15) is 0 Å². The standard InChI is InChI=1S/C17H18N2S3/c1-3-5-12-15(19-9-8-18-17(19)22-12)14-10-11-6-4-7-13(20-2)16(11)21-14/h4,6-7,10H,3,5,8-9H2,1-2H3. The molecule has 0 bridgehead atoms. The first-order valence-electron chi connectivity index (χ1n) is 7.61. The number of aliphatic imine (C=N–C) groups is 1. The number of hydrogen-bond acceptors (Lipinski definition) is 5. The van der Waals surface area contributed by atoms with Gasteiger partial charge in [0.05, 0.1) is 17.1 Å². The molecule has 1 aromatic carbocycles. The SMILES string of the molecule is CCCC1=C(c2cc3cccc(SC)c3s2)N2CCN=C2S1. The summed E-state index contributed by atoms with van der Waals surface area (Å²) in [5, 5.41) is 2.57. The maximum Gasteiger partial charge on any atom is 0.168 e. The van der Waals surface area contributed by atoms with Crippen molar-refractivity contribution in [3.8, 4) is 0 Å². The van der Waals surface area contributed by atoms with Gasteiger partial charge in [0.1, 0.15) is 0 Å². The van der Waals surface area contributed by atoms with E-state index in [-0.39, 0.29) is 0 Å². The quantitative estimate of drug-likeness (QED) is 0.679. The summed E-state index contributed by atoms with van der Waals surface area (Å²) in [4.78, 5) is 11.4. The molecule has 2 aromatic rings. The minimum Gasteiger partial charge on any atom is -0.317 e. The Hall–Kier alpha value is -0.910. The summed E-state index contributed by atoms with van der Waals surface area (Å²) in [5.74, 6) is 0. The van der Waals surface area contributed by atoms with Crippen molar-refractivity contribution in [1.29, 1.82) is 0 Å². The third-order valence-electron chi connectivity index (χ3n) is 3.99. The van der Waals surface area contributed by atoms with E-state index in [0.29, 0.717) is 0 Å². The lowest BCUT2D eigenvalue weighted by molar-refractivity contribution is 0.647. The molecule has 2 nitrogen and oxygen atoms in total. The first kappa shape index (κ1) is 14.7. The zero-order valence-electron chi connectivity index (χ0n) is 12.8. The van der Waals surface area contributed by atoms with Crippen LogP contribution < -0.4 is 0 Å². The van der Waals surface area contributed by atoms with E-state index >= 15 is 0 Å². The van der Waals surface area contributed by atoms with Gasteiger partial charge in [-0.15, -0.1) is 23.1 Å². The summed E-state index contributed by atoms with van der Waals surface area (Å²) in [5.41, 5.74) is 1.43. The van der Waals surface area contributed by atoms with Gasteiger partial charge in [0.15, 0.2) is 5.17 Å². The topological polar surface area (TPSA) is 15.6 Å². The van der Waals surface area contributed by atoms with Crippen molar-refractivity contribution in [2.75, 3.05) is 19.3 Å². The number of benzene rings is 1. The van der Waals surface area contributed by atoms with Crippen molar-refractivity contribution in [3.05, 3.63) is 34.0 Å². The Bertz CT molecular complexity index is 788. The van der Waals surface area contributed by atoms with Gasteiger partial charge >= 0.3 is 0 Å². The van der Waals surface area contributed by atoms with Crippen molar-refractivity contribution < 1.29 is 0 Å². The lowest BCUT2D eigenvalue weighted by Crippen LogP contribution is -2.19. The van der Waals surface area contributed by atoms with Crippen LogP contribution in [0.2, 0.25) is 0 Å². The van der Waals surface area contributed by atoms with Crippen molar-refractivity contribution in [2.45, 2.75) is 24.7 Å². The van der Waals surface area contributed by atoms with Gasteiger partial charge in [0.2, 0.25) is 0 Å². The average molecular weight is 347 g/mol. The van der Waals surface area contributed by atoms with Gasteiger partial charge in [-0.1, -0.05) is 37.2 Å². The highest BCUT2D eigenvalue weighted by atomic mass is 32.2. The molecular formula is C17H18N2S3. The normalized spacial score (nSPS) is 17.5. The molecule has 0 unspecified atom stereocenters. The highest BCUT2D eigenvalue weighted by Crippen LogP contribution is 2.47. The predicted octanol–water partition coefficient (Wildman–Crippen LogP) is 5.51. The molecule has 5 heteroatoms. The van der Waals surface area contributed by atoms with E-state index in [1.807, 2.05) is 34.9 Å². The lowest BCUT2D eigenvalue weighted by Gasteiger charge is -2.15. The van der Waals surface area contributed by atoms with Crippen LogP contribution in [0.4, 0.5) is 0 Å². The van der Waals surface area contributed by atoms with Crippen LogP contribution in [0, 0.1) is 0 Å². The second-order valence-electron chi connectivity index (χ2n) is 5.43. The number of amidine groups is 1. The van der Waals surface area contributed by atoms with Gasteiger partial charge in [-0.25, -0.2) is 0 Å². The van der Waals surface area contributed by atoms with Crippen molar-refractivity contribution in [1.82, 2.24) is 4.90 Å². The van der Waals surface area contributed by atoms with Crippen LogP contribution >= 0.6 is 34.9 Å². The fourth-order valence-electron chi connectivity index (χ4n) is 3.01. The highest BCUT2D eigenvalue weighted by Gasteiger charge is 2.33. The van der Waals surface area contributed by atoms with Crippen LogP contribution in [0.3, 0.4) is 0 Å². The number of thiophene rings is 1.